The quantitative estimate of drug-likeness (QED) is 0.774. The van der Waals surface area contributed by atoms with Crippen molar-refractivity contribution < 1.29 is 13.2 Å². The minimum Gasteiger partial charge on any atom is -0.323 e. The Morgan fingerprint density at radius 1 is 1.26 bits per heavy atom. The number of hydrogen-bond acceptors (Lipinski definition) is 4. The van der Waals surface area contributed by atoms with Gasteiger partial charge in [-0.1, -0.05) is 24.0 Å². The smallest absolute Gasteiger partial charge is 0.321 e. The lowest BCUT2D eigenvalue weighted by Gasteiger charge is -2.32. The van der Waals surface area contributed by atoms with Crippen LogP contribution in [-0.4, -0.2) is 44.7 Å². The van der Waals surface area contributed by atoms with Gasteiger partial charge in [0.05, 0.1) is 11.1 Å². The summed E-state index contributed by atoms with van der Waals surface area (Å²) in [5, 5.41) is 4.85. The van der Waals surface area contributed by atoms with Crippen LogP contribution in [0.2, 0.25) is 0 Å². The first-order valence-electron chi connectivity index (χ1n) is 8.58. The Labute approximate surface area is 163 Å². The van der Waals surface area contributed by atoms with Crippen molar-refractivity contribution in [3.63, 3.8) is 0 Å². The molecule has 1 saturated heterocycles. The molecule has 1 aliphatic rings. The first-order chi connectivity index (χ1) is 12.9. The molecule has 1 aliphatic heterocycles. The molecule has 6 nitrogen and oxygen atoms in total. The van der Waals surface area contributed by atoms with Crippen LogP contribution >= 0.6 is 11.3 Å². The minimum atomic E-state index is -3.29. The molecule has 0 spiro atoms. The van der Waals surface area contributed by atoms with Crippen LogP contribution in [0.25, 0.3) is 0 Å². The number of nitrogens with zero attached hydrogens (tertiary/aromatic N) is 1. The van der Waals surface area contributed by atoms with Gasteiger partial charge in [-0.25, -0.2) is 17.9 Å². The van der Waals surface area contributed by atoms with Crippen molar-refractivity contribution in [3.05, 3.63) is 52.2 Å². The van der Waals surface area contributed by atoms with Crippen LogP contribution in [0.15, 0.2) is 41.8 Å². The molecule has 1 aromatic heterocycles. The van der Waals surface area contributed by atoms with Gasteiger partial charge in [0.25, 0.3) is 0 Å². The van der Waals surface area contributed by atoms with Crippen LogP contribution in [0, 0.1) is 11.8 Å². The first-order valence-corrected chi connectivity index (χ1v) is 11.3. The highest BCUT2D eigenvalue weighted by Crippen LogP contribution is 2.15. The summed E-state index contributed by atoms with van der Waals surface area (Å²) in [6, 6.07) is 10.8. The first kappa shape index (κ1) is 19.4. The van der Waals surface area contributed by atoms with Crippen LogP contribution in [0.5, 0.6) is 0 Å². The predicted octanol–water partition coefficient (Wildman–Crippen LogP) is 2.69. The summed E-state index contributed by atoms with van der Waals surface area (Å²) in [6.07, 6.45) is 2.62. The molecular weight excluding hydrogens is 382 g/mol. The average Bonchev–Trinajstić information content (AvgIpc) is 3.13. The SMILES string of the molecule is CS(=O)(=O)N[C@H]1CCCN(C(=O)Nc2cccc(C#Cc3cccs3)c2)C1. The zero-order chi connectivity index (χ0) is 19.3. The third-order valence-electron chi connectivity index (χ3n) is 4.05. The van der Waals surface area contributed by atoms with E-state index in [1.54, 1.807) is 16.2 Å². The molecule has 1 aromatic carbocycles. The maximum Gasteiger partial charge on any atom is 0.321 e. The van der Waals surface area contributed by atoms with Crippen molar-refractivity contribution in [1.29, 1.82) is 0 Å². The van der Waals surface area contributed by atoms with Gasteiger partial charge < -0.3 is 10.2 Å². The molecule has 0 radical (unpaired) electrons. The third-order valence-corrected chi connectivity index (χ3v) is 5.60. The summed E-state index contributed by atoms with van der Waals surface area (Å²) in [4.78, 5) is 15.2. The zero-order valence-electron chi connectivity index (χ0n) is 14.9. The lowest BCUT2D eigenvalue weighted by molar-refractivity contribution is 0.190. The number of thiophene rings is 1. The number of urea groups is 1. The van der Waals surface area contributed by atoms with Gasteiger partial charge in [-0.3, -0.25) is 0 Å². The van der Waals surface area contributed by atoms with E-state index in [4.69, 9.17) is 0 Å². The number of nitrogens with one attached hydrogen (secondary N) is 2. The molecular formula is C19H21N3O3S2. The monoisotopic (exact) mass is 403 g/mol. The van der Waals surface area contributed by atoms with Gasteiger partial charge in [0.2, 0.25) is 10.0 Å². The fourth-order valence-electron chi connectivity index (χ4n) is 2.92. The molecule has 27 heavy (non-hydrogen) atoms. The Kier molecular flexibility index (Phi) is 6.16. The molecule has 1 atom stereocenters. The van der Waals surface area contributed by atoms with Crippen LogP contribution < -0.4 is 10.0 Å². The number of likely N-dealkylation sites (tertiary alicyclic amines) is 1. The number of rotatable bonds is 3. The summed E-state index contributed by atoms with van der Waals surface area (Å²) in [6.45, 7) is 0.961. The van der Waals surface area contributed by atoms with Crippen LogP contribution in [0.3, 0.4) is 0 Å². The van der Waals surface area contributed by atoms with Crippen molar-refractivity contribution in [3.8, 4) is 11.8 Å². The van der Waals surface area contributed by atoms with Gasteiger partial charge >= 0.3 is 6.03 Å². The predicted molar refractivity (Wildman–Crippen MR) is 108 cm³/mol. The highest BCUT2D eigenvalue weighted by Gasteiger charge is 2.25. The molecule has 2 heterocycles. The van der Waals surface area contributed by atoms with E-state index < -0.39 is 10.0 Å². The van der Waals surface area contributed by atoms with Crippen LogP contribution in [-0.2, 0) is 10.0 Å². The number of benzene rings is 1. The number of piperidine rings is 1. The second-order valence-corrected chi connectivity index (χ2v) is 9.14. The van der Waals surface area contributed by atoms with E-state index in [1.165, 1.54) is 0 Å². The summed E-state index contributed by atoms with van der Waals surface area (Å²) in [7, 11) is -3.29. The Morgan fingerprint density at radius 2 is 2.11 bits per heavy atom. The van der Waals surface area contributed by atoms with Gasteiger partial charge in [-0.15, -0.1) is 11.3 Å². The van der Waals surface area contributed by atoms with Crippen LogP contribution in [0.1, 0.15) is 23.3 Å². The number of carbonyl (C=O) groups excluding carboxylic acids is 1. The van der Waals surface area contributed by atoms with Crippen molar-refractivity contribution in [2.24, 2.45) is 0 Å². The number of sulfonamides is 1. The summed E-state index contributed by atoms with van der Waals surface area (Å²) < 4.78 is 25.4. The molecule has 2 aromatic rings. The molecule has 142 valence electrons. The normalized spacial score (nSPS) is 17.1. The lowest BCUT2D eigenvalue weighted by Crippen LogP contribution is -2.50. The molecule has 0 unspecified atom stereocenters. The average molecular weight is 404 g/mol. The van der Waals surface area contributed by atoms with Gasteiger partial charge in [-0.2, -0.15) is 0 Å². The van der Waals surface area contributed by atoms with E-state index in [-0.39, 0.29) is 12.1 Å². The molecule has 0 saturated carbocycles. The topological polar surface area (TPSA) is 78.5 Å². The van der Waals surface area contributed by atoms with E-state index in [0.717, 1.165) is 29.5 Å². The summed E-state index contributed by atoms with van der Waals surface area (Å²) >= 11 is 1.58. The second kappa shape index (κ2) is 8.57. The number of carbonyl (C=O) groups is 1. The van der Waals surface area contributed by atoms with Crippen molar-refractivity contribution >= 4 is 33.1 Å². The lowest BCUT2D eigenvalue weighted by atomic mass is 10.1. The molecule has 1 fully saturated rings. The van der Waals surface area contributed by atoms with Crippen molar-refractivity contribution in [1.82, 2.24) is 9.62 Å². The molecule has 3 rings (SSSR count). The Balaban J connectivity index is 1.63. The largest absolute Gasteiger partial charge is 0.323 e. The van der Waals surface area contributed by atoms with Crippen LogP contribution in [0.4, 0.5) is 10.5 Å². The maximum absolute atomic E-state index is 12.5. The minimum absolute atomic E-state index is 0.238. The molecule has 0 bridgehead atoms. The fraction of sp³-hybridized carbons (Fsp3) is 0.316. The standard InChI is InChI=1S/C19H21N3O3S2/c1-27(24,25)21-17-7-3-11-22(14-17)19(23)20-16-6-2-5-15(13-16)9-10-18-8-4-12-26-18/h2,4-6,8,12-13,17,21H,3,7,11,14H2,1H3,(H,20,23)/t17-/m0/s1. The van der Waals surface area contributed by atoms with E-state index in [2.05, 4.69) is 21.9 Å². The van der Waals surface area contributed by atoms with E-state index in [9.17, 15) is 13.2 Å². The second-order valence-electron chi connectivity index (χ2n) is 6.41. The third kappa shape index (κ3) is 6.10. The Bertz CT molecular complexity index is 960. The van der Waals surface area contributed by atoms with Gasteiger partial charge in [-0.05, 0) is 42.5 Å². The van der Waals surface area contributed by atoms with Crippen molar-refractivity contribution in [2.45, 2.75) is 18.9 Å². The molecule has 0 aliphatic carbocycles. The van der Waals surface area contributed by atoms with Crippen molar-refractivity contribution in [2.75, 3.05) is 24.7 Å². The highest BCUT2D eigenvalue weighted by atomic mass is 32.2. The van der Waals surface area contributed by atoms with E-state index in [1.807, 2.05) is 41.8 Å². The maximum atomic E-state index is 12.5. The van der Waals surface area contributed by atoms with E-state index in [0.29, 0.717) is 18.8 Å². The Hall–Kier alpha value is -2.34. The summed E-state index contributed by atoms with van der Waals surface area (Å²) in [5.74, 6) is 6.18. The fourth-order valence-corrected chi connectivity index (χ4v) is 4.29. The van der Waals surface area contributed by atoms with Gasteiger partial charge in [0.1, 0.15) is 0 Å². The van der Waals surface area contributed by atoms with Gasteiger partial charge in [0, 0.05) is 30.4 Å². The number of hydrogen-bond donors (Lipinski definition) is 2. The zero-order valence-corrected chi connectivity index (χ0v) is 16.6. The molecule has 2 N–H and O–H groups in total. The Morgan fingerprint density at radius 3 is 2.85 bits per heavy atom. The summed E-state index contributed by atoms with van der Waals surface area (Å²) in [5.41, 5.74) is 1.48. The number of amides is 2. The van der Waals surface area contributed by atoms with E-state index >= 15 is 0 Å². The highest BCUT2D eigenvalue weighted by molar-refractivity contribution is 7.88. The molecule has 8 heteroatoms. The van der Waals surface area contributed by atoms with Gasteiger partial charge in [0.15, 0.2) is 0 Å². The number of anilines is 1. The molecule has 2 amide bonds.